The van der Waals surface area contributed by atoms with Gasteiger partial charge in [0, 0.05) is 16.6 Å². The van der Waals surface area contributed by atoms with E-state index < -0.39 is 0 Å². The SMILES string of the molecule is O=C(Nc1ccccc1)Nc1nc(-c2ccccc2)cc2ccccc12. The maximum Gasteiger partial charge on any atom is 0.324 e. The summed E-state index contributed by atoms with van der Waals surface area (Å²) in [5, 5.41) is 7.63. The molecule has 0 bridgehead atoms. The van der Waals surface area contributed by atoms with E-state index in [1.165, 1.54) is 0 Å². The van der Waals surface area contributed by atoms with Crippen molar-refractivity contribution in [1.82, 2.24) is 4.98 Å². The number of aromatic nitrogens is 1. The molecule has 4 nitrogen and oxygen atoms in total. The van der Waals surface area contributed by atoms with E-state index in [4.69, 9.17) is 0 Å². The van der Waals surface area contributed by atoms with Crippen LogP contribution in [-0.2, 0) is 0 Å². The van der Waals surface area contributed by atoms with Crippen LogP contribution >= 0.6 is 0 Å². The lowest BCUT2D eigenvalue weighted by Crippen LogP contribution is -2.20. The van der Waals surface area contributed by atoms with Gasteiger partial charge in [0.15, 0.2) is 0 Å². The van der Waals surface area contributed by atoms with Gasteiger partial charge in [0.25, 0.3) is 0 Å². The molecule has 0 saturated carbocycles. The molecular formula is C22H17N3O. The number of pyridine rings is 1. The lowest BCUT2D eigenvalue weighted by molar-refractivity contribution is 0.262. The Morgan fingerprint density at radius 2 is 1.38 bits per heavy atom. The van der Waals surface area contributed by atoms with Crippen molar-refractivity contribution in [1.29, 1.82) is 0 Å². The monoisotopic (exact) mass is 339 g/mol. The normalized spacial score (nSPS) is 10.5. The molecular weight excluding hydrogens is 322 g/mol. The molecule has 0 aliphatic rings. The van der Waals surface area contributed by atoms with Gasteiger partial charge in [-0.05, 0) is 23.6 Å². The van der Waals surface area contributed by atoms with Crippen LogP contribution in [0.2, 0.25) is 0 Å². The van der Waals surface area contributed by atoms with Crippen LogP contribution in [0, 0.1) is 0 Å². The minimum atomic E-state index is -0.320. The predicted octanol–water partition coefficient (Wildman–Crippen LogP) is 5.55. The van der Waals surface area contributed by atoms with Crippen molar-refractivity contribution >= 4 is 28.3 Å². The average molecular weight is 339 g/mol. The summed E-state index contributed by atoms with van der Waals surface area (Å²) in [4.78, 5) is 17.1. The van der Waals surface area contributed by atoms with Crippen molar-refractivity contribution in [3.8, 4) is 11.3 Å². The van der Waals surface area contributed by atoms with Gasteiger partial charge in [0.2, 0.25) is 0 Å². The second-order valence-corrected chi connectivity index (χ2v) is 5.89. The Kier molecular flexibility index (Phi) is 4.31. The minimum Gasteiger partial charge on any atom is -0.308 e. The van der Waals surface area contributed by atoms with Crippen LogP contribution in [0.1, 0.15) is 0 Å². The Balaban J connectivity index is 1.70. The molecule has 0 aliphatic carbocycles. The van der Waals surface area contributed by atoms with Gasteiger partial charge in [-0.3, -0.25) is 5.32 Å². The summed E-state index contributed by atoms with van der Waals surface area (Å²) in [6, 6.07) is 28.9. The fourth-order valence-corrected chi connectivity index (χ4v) is 2.84. The lowest BCUT2D eigenvalue weighted by Gasteiger charge is -2.12. The zero-order valence-corrected chi connectivity index (χ0v) is 14.0. The molecule has 1 aromatic heterocycles. The number of benzene rings is 3. The van der Waals surface area contributed by atoms with Crippen LogP contribution in [0.5, 0.6) is 0 Å². The first-order valence-electron chi connectivity index (χ1n) is 8.38. The highest BCUT2D eigenvalue weighted by Gasteiger charge is 2.10. The number of hydrogen-bond acceptors (Lipinski definition) is 2. The maximum absolute atomic E-state index is 12.4. The fourth-order valence-electron chi connectivity index (χ4n) is 2.84. The third-order valence-corrected chi connectivity index (χ3v) is 4.07. The standard InChI is InChI=1S/C22H17N3O/c26-22(23-18-12-5-2-6-13-18)25-21-19-14-8-7-11-17(19)15-20(24-21)16-9-3-1-4-10-16/h1-15H,(H2,23,24,25,26). The molecule has 0 atom stereocenters. The molecule has 3 aromatic carbocycles. The molecule has 0 aliphatic heterocycles. The number of hydrogen-bond donors (Lipinski definition) is 2. The van der Waals surface area contributed by atoms with Crippen molar-refractivity contribution in [2.24, 2.45) is 0 Å². The Morgan fingerprint density at radius 1 is 0.731 bits per heavy atom. The quantitative estimate of drug-likeness (QED) is 0.514. The Morgan fingerprint density at radius 3 is 2.15 bits per heavy atom. The number of nitrogens with one attached hydrogen (secondary N) is 2. The van der Waals surface area contributed by atoms with Crippen LogP contribution in [0.4, 0.5) is 16.3 Å². The van der Waals surface area contributed by atoms with E-state index in [1.807, 2.05) is 91.0 Å². The van der Waals surface area contributed by atoms with Gasteiger partial charge in [0.1, 0.15) is 5.82 Å². The van der Waals surface area contributed by atoms with Crippen LogP contribution in [0.15, 0.2) is 91.0 Å². The number of carbonyl (C=O) groups is 1. The Hall–Kier alpha value is -3.66. The zero-order valence-electron chi connectivity index (χ0n) is 14.0. The van der Waals surface area contributed by atoms with E-state index in [-0.39, 0.29) is 6.03 Å². The van der Waals surface area contributed by atoms with E-state index in [0.717, 1.165) is 27.7 Å². The maximum atomic E-state index is 12.4. The van der Waals surface area contributed by atoms with Crippen molar-refractivity contribution in [2.45, 2.75) is 0 Å². The summed E-state index contributed by atoms with van der Waals surface area (Å²) in [6.45, 7) is 0. The molecule has 0 saturated heterocycles. The second kappa shape index (κ2) is 7.07. The number of para-hydroxylation sites is 1. The van der Waals surface area contributed by atoms with Crippen molar-refractivity contribution in [3.63, 3.8) is 0 Å². The van der Waals surface area contributed by atoms with Gasteiger partial charge in [-0.1, -0.05) is 72.8 Å². The summed E-state index contributed by atoms with van der Waals surface area (Å²) < 4.78 is 0. The fraction of sp³-hybridized carbons (Fsp3) is 0. The van der Waals surface area contributed by atoms with Gasteiger partial charge in [-0.15, -0.1) is 0 Å². The number of nitrogens with zero attached hydrogens (tertiary/aromatic N) is 1. The van der Waals surface area contributed by atoms with Gasteiger partial charge in [-0.2, -0.15) is 0 Å². The number of urea groups is 1. The number of rotatable bonds is 3. The number of anilines is 2. The van der Waals surface area contributed by atoms with Crippen molar-refractivity contribution in [2.75, 3.05) is 10.6 Å². The molecule has 4 heteroatoms. The molecule has 0 unspecified atom stereocenters. The molecule has 2 N–H and O–H groups in total. The highest BCUT2D eigenvalue weighted by molar-refractivity contribution is 6.05. The number of amides is 2. The summed E-state index contributed by atoms with van der Waals surface area (Å²) in [7, 11) is 0. The average Bonchev–Trinajstić information content (AvgIpc) is 2.69. The van der Waals surface area contributed by atoms with Gasteiger partial charge < -0.3 is 5.32 Å². The molecule has 126 valence electrons. The molecule has 0 fully saturated rings. The van der Waals surface area contributed by atoms with Crippen LogP contribution in [0.3, 0.4) is 0 Å². The smallest absolute Gasteiger partial charge is 0.308 e. The van der Waals surface area contributed by atoms with E-state index in [9.17, 15) is 4.79 Å². The molecule has 0 spiro atoms. The van der Waals surface area contributed by atoms with Crippen molar-refractivity contribution < 1.29 is 4.79 Å². The van der Waals surface area contributed by atoms with Crippen LogP contribution in [-0.4, -0.2) is 11.0 Å². The second-order valence-electron chi connectivity index (χ2n) is 5.89. The van der Waals surface area contributed by atoms with E-state index in [1.54, 1.807) is 0 Å². The Labute approximate surface area is 151 Å². The summed E-state index contributed by atoms with van der Waals surface area (Å²) in [5.41, 5.74) is 2.55. The first-order valence-corrected chi connectivity index (χ1v) is 8.38. The van der Waals surface area contributed by atoms with Gasteiger partial charge in [-0.25, -0.2) is 9.78 Å². The third kappa shape index (κ3) is 3.39. The summed E-state index contributed by atoms with van der Waals surface area (Å²) in [5.74, 6) is 0.537. The topological polar surface area (TPSA) is 54.0 Å². The predicted molar refractivity (Wildman–Crippen MR) is 106 cm³/mol. The number of carbonyl (C=O) groups excluding carboxylic acids is 1. The molecule has 2 amide bonds. The summed E-state index contributed by atoms with van der Waals surface area (Å²) >= 11 is 0. The highest BCUT2D eigenvalue weighted by atomic mass is 16.2. The molecule has 4 aromatic rings. The summed E-state index contributed by atoms with van der Waals surface area (Å²) in [6.07, 6.45) is 0. The van der Waals surface area contributed by atoms with Crippen molar-refractivity contribution in [3.05, 3.63) is 91.0 Å². The third-order valence-electron chi connectivity index (χ3n) is 4.07. The molecule has 4 rings (SSSR count). The first kappa shape index (κ1) is 15.8. The van der Waals surface area contributed by atoms with E-state index in [2.05, 4.69) is 15.6 Å². The largest absolute Gasteiger partial charge is 0.324 e. The van der Waals surface area contributed by atoms with E-state index in [0.29, 0.717) is 5.82 Å². The highest BCUT2D eigenvalue weighted by Crippen LogP contribution is 2.27. The van der Waals surface area contributed by atoms with Crippen LogP contribution in [0.25, 0.3) is 22.0 Å². The van der Waals surface area contributed by atoms with Gasteiger partial charge >= 0.3 is 6.03 Å². The molecule has 26 heavy (non-hydrogen) atoms. The zero-order chi connectivity index (χ0) is 17.8. The Bertz CT molecular complexity index is 1050. The first-order chi connectivity index (χ1) is 12.8. The minimum absolute atomic E-state index is 0.320. The molecule has 1 heterocycles. The number of fused-ring (bicyclic) bond motifs is 1. The molecule has 0 radical (unpaired) electrons. The van der Waals surface area contributed by atoms with E-state index >= 15 is 0 Å². The van der Waals surface area contributed by atoms with Gasteiger partial charge in [0.05, 0.1) is 5.69 Å². The lowest BCUT2D eigenvalue weighted by atomic mass is 10.1. The van der Waals surface area contributed by atoms with Crippen LogP contribution < -0.4 is 10.6 Å².